The summed E-state index contributed by atoms with van der Waals surface area (Å²) in [6, 6.07) is 0.407. The largest absolute Gasteiger partial charge is 0.393 e. The number of rotatable bonds is 4. The van der Waals surface area contributed by atoms with Crippen molar-refractivity contribution in [1.29, 1.82) is 0 Å². The molecule has 0 amide bonds. The van der Waals surface area contributed by atoms with E-state index in [1.165, 1.54) is 5.56 Å². The normalized spacial score (nSPS) is 24.2. The topological polar surface area (TPSA) is 58.0 Å². The molecule has 1 aromatic heterocycles. The second-order valence-corrected chi connectivity index (χ2v) is 5.66. The summed E-state index contributed by atoms with van der Waals surface area (Å²) in [5.41, 5.74) is 1.19. The predicted octanol–water partition coefficient (Wildman–Crippen LogP) is 2.39. The molecular weight excluding hydrogens is 226 g/mol. The third kappa shape index (κ3) is 3.95. The number of nitrogens with one attached hydrogen (secondary N) is 1. The fraction of sp³-hybridized carbons (Fsp3) is 0.714. The van der Waals surface area contributed by atoms with E-state index in [1.807, 2.05) is 12.4 Å². The molecule has 0 atom stereocenters. The molecule has 0 aromatic carbocycles. The van der Waals surface area contributed by atoms with Crippen LogP contribution in [0.4, 0.5) is 5.95 Å². The van der Waals surface area contributed by atoms with E-state index in [4.69, 9.17) is 0 Å². The summed E-state index contributed by atoms with van der Waals surface area (Å²) in [6.07, 6.45) is 8.48. The van der Waals surface area contributed by atoms with Crippen molar-refractivity contribution in [3.63, 3.8) is 0 Å². The molecule has 1 fully saturated rings. The maximum atomic E-state index is 9.45. The molecule has 0 aliphatic heterocycles. The molecule has 0 radical (unpaired) electrons. The van der Waals surface area contributed by atoms with Crippen LogP contribution in [0.2, 0.25) is 0 Å². The van der Waals surface area contributed by atoms with Crippen LogP contribution in [0, 0.1) is 5.92 Å². The van der Waals surface area contributed by atoms with Crippen LogP contribution >= 0.6 is 0 Å². The lowest BCUT2D eigenvalue weighted by Crippen LogP contribution is -2.28. The molecular formula is C14H23N3O. The second kappa shape index (κ2) is 6.14. The number of aromatic nitrogens is 2. The number of aliphatic hydroxyl groups is 1. The van der Waals surface area contributed by atoms with Crippen LogP contribution in [0.3, 0.4) is 0 Å². The van der Waals surface area contributed by atoms with Crippen molar-refractivity contribution in [3.05, 3.63) is 18.0 Å². The number of anilines is 1. The summed E-state index contributed by atoms with van der Waals surface area (Å²) < 4.78 is 0. The Morgan fingerprint density at radius 3 is 2.39 bits per heavy atom. The molecule has 1 saturated carbocycles. The molecule has 2 N–H and O–H groups in total. The van der Waals surface area contributed by atoms with E-state index in [9.17, 15) is 5.11 Å². The van der Waals surface area contributed by atoms with E-state index in [-0.39, 0.29) is 6.10 Å². The second-order valence-electron chi connectivity index (χ2n) is 5.66. The van der Waals surface area contributed by atoms with Gasteiger partial charge in [0, 0.05) is 18.4 Å². The van der Waals surface area contributed by atoms with Crippen LogP contribution in [-0.4, -0.2) is 27.2 Å². The van der Waals surface area contributed by atoms with Gasteiger partial charge in [0.05, 0.1) is 6.10 Å². The van der Waals surface area contributed by atoms with Crippen LogP contribution in [0.1, 0.15) is 45.1 Å². The highest BCUT2D eigenvalue weighted by atomic mass is 16.3. The first-order valence-corrected chi connectivity index (χ1v) is 6.89. The molecule has 0 spiro atoms. The lowest BCUT2D eigenvalue weighted by Gasteiger charge is -2.26. The summed E-state index contributed by atoms with van der Waals surface area (Å²) in [6.45, 7) is 4.39. The van der Waals surface area contributed by atoms with Crippen molar-refractivity contribution in [2.24, 2.45) is 5.92 Å². The van der Waals surface area contributed by atoms with E-state index in [1.54, 1.807) is 0 Å². The lowest BCUT2D eigenvalue weighted by molar-refractivity contribution is 0.126. The van der Waals surface area contributed by atoms with Crippen LogP contribution in [0.15, 0.2) is 12.4 Å². The van der Waals surface area contributed by atoms with Crippen molar-refractivity contribution in [2.75, 3.05) is 5.32 Å². The van der Waals surface area contributed by atoms with Crippen molar-refractivity contribution in [3.8, 4) is 0 Å². The quantitative estimate of drug-likeness (QED) is 0.860. The van der Waals surface area contributed by atoms with Gasteiger partial charge in [0.2, 0.25) is 5.95 Å². The Balaban J connectivity index is 1.86. The molecule has 1 aromatic rings. The zero-order valence-electron chi connectivity index (χ0n) is 11.3. The molecule has 2 rings (SSSR count). The van der Waals surface area contributed by atoms with Crippen LogP contribution in [0.5, 0.6) is 0 Å². The summed E-state index contributed by atoms with van der Waals surface area (Å²) in [4.78, 5) is 8.72. The van der Waals surface area contributed by atoms with Gasteiger partial charge in [-0.15, -0.1) is 0 Å². The summed E-state index contributed by atoms with van der Waals surface area (Å²) in [5, 5.41) is 12.8. The minimum Gasteiger partial charge on any atom is -0.393 e. The Labute approximate surface area is 109 Å². The van der Waals surface area contributed by atoms with E-state index < -0.39 is 0 Å². The van der Waals surface area contributed by atoms with Crippen molar-refractivity contribution in [2.45, 2.75) is 58.1 Å². The maximum Gasteiger partial charge on any atom is 0.222 e. The molecule has 1 heterocycles. The predicted molar refractivity (Wildman–Crippen MR) is 72.5 cm³/mol. The van der Waals surface area contributed by atoms with E-state index in [0.29, 0.717) is 17.9 Å². The summed E-state index contributed by atoms with van der Waals surface area (Å²) >= 11 is 0. The van der Waals surface area contributed by atoms with Gasteiger partial charge < -0.3 is 10.4 Å². The number of hydrogen-bond donors (Lipinski definition) is 2. The SMILES string of the molecule is CC(C)Cc1cnc(NC2CCC(O)CC2)nc1. The molecule has 0 unspecified atom stereocenters. The van der Waals surface area contributed by atoms with Gasteiger partial charge in [-0.1, -0.05) is 13.8 Å². The highest BCUT2D eigenvalue weighted by Gasteiger charge is 2.19. The molecule has 1 aliphatic rings. The molecule has 0 saturated heterocycles. The molecule has 1 aliphatic carbocycles. The minimum atomic E-state index is -0.114. The lowest BCUT2D eigenvalue weighted by atomic mass is 9.93. The first kappa shape index (κ1) is 13.3. The third-order valence-electron chi connectivity index (χ3n) is 3.38. The Morgan fingerprint density at radius 1 is 1.22 bits per heavy atom. The fourth-order valence-corrected chi connectivity index (χ4v) is 2.41. The first-order valence-electron chi connectivity index (χ1n) is 6.89. The number of nitrogens with zero attached hydrogens (tertiary/aromatic N) is 2. The van der Waals surface area contributed by atoms with Gasteiger partial charge in [0.1, 0.15) is 0 Å². The summed E-state index contributed by atoms with van der Waals surface area (Å²) in [5.74, 6) is 1.34. The van der Waals surface area contributed by atoms with E-state index in [2.05, 4.69) is 29.1 Å². The van der Waals surface area contributed by atoms with Gasteiger partial charge in [-0.25, -0.2) is 9.97 Å². The Hall–Kier alpha value is -1.16. The Bertz CT molecular complexity index is 356. The van der Waals surface area contributed by atoms with Gasteiger partial charge >= 0.3 is 0 Å². The standard InChI is InChI=1S/C14H23N3O/c1-10(2)7-11-8-15-14(16-9-11)17-12-3-5-13(18)6-4-12/h8-10,12-13,18H,3-7H2,1-2H3,(H,15,16,17). The maximum absolute atomic E-state index is 9.45. The highest BCUT2D eigenvalue weighted by Crippen LogP contribution is 2.20. The Morgan fingerprint density at radius 2 is 1.83 bits per heavy atom. The van der Waals surface area contributed by atoms with Gasteiger partial charge in [-0.05, 0) is 43.6 Å². The number of aliphatic hydroxyl groups excluding tert-OH is 1. The van der Waals surface area contributed by atoms with E-state index >= 15 is 0 Å². The molecule has 4 nitrogen and oxygen atoms in total. The number of hydrogen-bond acceptors (Lipinski definition) is 4. The van der Waals surface area contributed by atoms with Crippen molar-refractivity contribution >= 4 is 5.95 Å². The molecule has 4 heteroatoms. The van der Waals surface area contributed by atoms with Crippen LogP contribution in [0.25, 0.3) is 0 Å². The monoisotopic (exact) mass is 249 g/mol. The zero-order chi connectivity index (χ0) is 13.0. The average Bonchev–Trinajstić information content (AvgIpc) is 2.34. The first-order chi connectivity index (χ1) is 8.63. The minimum absolute atomic E-state index is 0.114. The van der Waals surface area contributed by atoms with E-state index in [0.717, 1.165) is 32.1 Å². The molecule has 100 valence electrons. The van der Waals surface area contributed by atoms with Gasteiger partial charge in [0.25, 0.3) is 0 Å². The third-order valence-corrected chi connectivity index (χ3v) is 3.38. The van der Waals surface area contributed by atoms with Gasteiger partial charge in [0.15, 0.2) is 0 Å². The van der Waals surface area contributed by atoms with Crippen molar-refractivity contribution in [1.82, 2.24) is 9.97 Å². The highest BCUT2D eigenvalue weighted by molar-refractivity contribution is 5.26. The zero-order valence-corrected chi connectivity index (χ0v) is 11.3. The van der Waals surface area contributed by atoms with Crippen LogP contribution in [-0.2, 0) is 6.42 Å². The van der Waals surface area contributed by atoms with Gasteiger partial charge in [-0.2, -0.15) is 0 Å². The van der Waals surface area contributed by atoms with Gasteiger partial charge in [-0.3, -0.25) is 0 Å². The van der Waals surface area contributed by atoms with Crippen molar-refractivity contribution < 1.29 is 5.11 Å². The van der Waals surface area contributed by atoms with Crippen LogP contribution < -0.4 is 5.32 Å². The smallest absolute Gasteiger partial charge is 0.222 e. The summed E-state index contributed by atoms with van der Waals surface area (Å²) in [7, 11) is 0. The molecule has 18 heavy (non-hydrogen) atoms. The molecule has 0 bridgehead atoms. The average molecular weight is 249 g/mol. The Kier molecular flexibility index (Phi) is 4.53. The fourth-order valence-electron chi connectivity index (χ4n) is 2.41.